The summed E-state index contributed by atoms with van der Waals surface area (Å²) in [6.07, 6.45) is 0.598. The molecule has 0 spiro atoms. The Balaban J connectivity index is 2.37. The maximum absolute atomic E-state index is 11.6. The molecule has 0 saturated carbocycles. The number of ether oxygens (including phenoxy) is 2. The molecule has 1 aromatic rings. The van der Waals surface area contributed by atoms with Gasteiger partial charge < -0.3 is 14.3 Å². The van der Waals surface area contributed by atoms with Crippen LogP contribution in [0.2, 0.25) is 0 Å². The number of esters is 1. The normalized spacial score (nSPS) is 23.6. The van der Waals surface area contributed by atoms with E-state index in [0.717, 1.165) is 5.56 Å². The van der Waals surface area contributed by atoms with Gasteiger partial charge in [-0.15, -0.1) is 0 Å². The maximum atomic E-state index is 11.6. The molecule has 1 aliphatic heterocycles. The van der Waals surface area contributed by atoms with E-state index in [1.807, 2.05) is 0 Å². The van der Waals surface area contributed by atoms with Crippen LogP contribution >= 0.6 is 0 Å². The van der Waals surface area contributed by atoms with Gasteiger partial charge in [-0.05, 0) is 19.1 Å². The molecule has 1 aliphatic rings. The Morgan fingerprint density at radius 1 is 1.29 bits per heavy atom. The first-order chi connectivity index (χ1) is 9.95. The van der Waals surface area contributed by atoms with Crippen molar-refractivity contribution in [2.45, 2.75) is 32.3 Å². The first-order valence-corrected chi connectivity index (χ1v) is 6.57. The van der Waals surface area contributed by atoms with Gasteiger partial charge in [-0.25, -0.2) is 4.79 Å². The highest BCUT2D eigenvalue weighted by Crippen LogP contribution is 2.34. The molecule has 0 amide bonds. The second kappa shape index (κ2) is 5.95. The highest BCUT2D eigenvalue weighted by Gasteiger charge is 2.41. The van der Waals surface area contributed by atoms with E-state index >= 15 is 0 Å². The number of nitrogens with zero attached hydrogens (tertiary/aromatic N) is 1. The minimum atomic E-state index is -1.04. The van der Waals surface area contributed by atoms with Gasteiger partial charge in [0, 0.05) is 18.9 Å². The summed E-state index contributed by atoms with van der Waals surface area (Å²) < 4.78 is 10.6. The third-order valence-corrected chi connectivity index (χ3v) is 3.36. The van der Waals surface area contributed by atoms with Crippen molar-refractivity contribution in [2.24, 2.45) is 5.16 Å². The fourth-order valence-corrected chi connectivity index (χ4v) is 2.18. The van der Waals surface area contributed by atoms with Crippen LogP contribution in [0.3, 0.4) is 0 Å². The molecule has 0 radical (unpaired) electrons. The van der Waals surface area contributed by atoms with Crippen LogP contribution in [0.15, 0.2) is 29.4 Å². The lowest BCUT2D eigenvalue weighted by Crippen LogP contribution is -2.42. The van der Waals surface area contributed by atoms with Gasteiger partial charge in [-0.3, -0.25) is 4.79 Å². The maximum Gasteiger partial charge on any atom is 0.331 e. The van der Waals surface area contributed by atoms with Crippen molar-refractivity contribution < 1.29 is 23.9 Å². The molecule has 1 aromatic carbocycles. The molecule has 0 aromatic heterocycles. The zero-order valence-corrected chi connectivity index (χ0v) is 12.2. The fraction of sp³-hybridized carbons (Fsp3) is 0.400. The third kappa shape index (κ3) is 3.21. The van der Waals surface area contributed by atoms with Gasteiger partial charge in [0.25, 0.3) is 0 Å². The van der Waals surface area contributed by atoms with E-state index in [2.05, 4.69) is 5.16 Å². The molecule has 1 heterocycles. The predicted molar refractivity (Wildman–Crippen MR) is 74.9 cm³/mol. The van der Waals surface area contributed by atoms with Gasteiger partial charge in [0.1, 0.15) is 11.5 Å². The molecule has 0 aliphatic carbocycles. The third-order valence-electron chi connectivity index (χ3n) is 3.36. The number of carbonyl (C=O) groups is 2. The monoisotopic (exact) mass is 291 g/mol. The number of rotatable bonds is 3. The van der Waals surface area contributed by atoms with Crippen LogP contribution in [0.1, 0.15) is 32.3 Å². The van der Waals surface area contributed by atoms with E-state index < -0.39 is 11.6 Å². The number of benzene rings is 1. The second-order valence-electron chi connectivity index (χ2n) is 4.86. The smallest absolute Gasteiger partial charge is 0.331 e. The van der Waals surface area contributed by atoms with Crippen LogP contribution in [0.5, 0.6) is 5.75 Å². The average Bonchev–Trinajstić information content (AvgIpc) is 2.46. The van der Waals surface area contributed by atoms with Crippen LogP contribution in [0.4, 0.5) is 0 Å². The van der Waals surface area contributed by atoms with Crippen molar-refractivity contribution in [2.75, 3.05) is 7.11 Å². The van der Waals surface area contributed by atoms with Gasteiger partial charge in [-0.2, -0.15) is 0 Å². The van der Waals surface area contributed by atoms with Crippen molar-refractivity contribution in [3.8, 4) is 5.75 Å². The molecular weight excluding hydrogens is 274 g/mol. The van der Waals surface area contributed by atoms with E-state index in [-0.39, 0.29) is 12.4 Å². The fourth-order valence-electron chi connectivity index (χ4n) is 2.18. The lowest BCUT2D eigenvalue weighted by molar-refractivity contribution is -0.155. The molecule has 6 nitrogen and oxygen atoms in total. The Labute approximate surface area is 122 Å². The van der Waals surface area contributed by atoms with Crippen molar-refractivity contribution >= 4 is 17.7 Å². The lowest BCUT2D eigenvalue weighted by atomic mass is 9.86. The highest BCUT2D eigenvalue weighted by atomic mass is 16.7. The van der Waals surface area contributed by atoms with Crippen LogP contribution in [0.25, 0.3) is 0 Å². The molecule has 0 bridgehead atoms. The number of cyclic esters (lactones) is 1. The Morgan fingerprint density at radius 3 is 2.52 bits per heavy atom. The standard InChI is InChI=1S/C15H17NO5/c1-10(17)21-16-13-8-9-14(18)20-15(13,2)11-4-6-12(19-3)7-5-11/h4-7H,8-9H2,1-3H3/b16-13+. The van der Waals surface area contributed by atoms with E-state index in [4.69, 9.17) is 14.3 Å². The summed E-state index contributed by atoms with van der Waals surface area (Å²) >= 11 is 0. The first kappa shape index (κ1) is 15.0. The van der Waals surface area contributed by atoms with Gasteiger partial charge in [0.2, 0.25) is 0 Å². The summed E-state index contributed by atoms with van der Waals surface area (Å²) in [5.74, 6) is -0.130. The molecular formula is C15H17NO5. The zero-order chi connectivity index (χ0) is 15.5. The van der Waals surface area contributed by atoms with E-state index in [9.17, 15) is 9.59 Å². The number of hydrogen-bond acceptors (Lipinski definition) is 6. The van der Waals surface area contributed by atoms with Gasteiger partial charge >= 0.3 is 11.9 Å². The van der Waals surface area contributed by atoms with Crippen LogP contribution < -0.4 is 4.74 Å². The van der Waals surface area contributed by atoms with Crippen molar-refractivity contribution in [1.82, 2.24) is 0 Å². The summed E-state index contributed by atoms with van der Waals surface area (Å²) in [6, 6.07) is 7.13. The molecule has 1 unspecified atom stereocenters. The average molecular weight is 291 g/mol. The summed E-state index contributed by atoms with van der Waals surface area (Å²) in [5.41, 5.74) is 0.196. The largest absolute Gasteiger partial charge is 0.497 e. The first-order valence-electron chi connectivity index (χ1n) is 6.57. The van der Waals surface area contributed by atoms with Crippen molar-refractivity contribution in [3.05, 3.63) is 29.8 Å². The summed E-state index contributed by atoms with van der Waals surface area (Å²) in [4.78, 5) is 27.3. The second-order valence-corrected chi connectivity index (χ2v) is 4.86. The van der Waals surface area contributed by atoms with Crippen molar-refractivity contribution in [1.29, 1.82) is 0 Å². The van der Waals surface area contributed by atoms with E-state index in [1.165, 1.54) is 6.92 Å². The SMILES string of the molecule is COc1ccc(C2(C)OC(=O)CC/C2=N\OC(C)=O)cc1. The highest BCUT2D eigenvalue weighted by molar-refractivity contribution is 5.99. The summed E-state index contributed by atoms with van der Waals surface area (Å²) in [5, 5.41) is 3.85. The molecule has 1 fully saturated rings. The van der Waals surface area contributed by atoms with Crippen LogP contribution in [-0.4, -0.2) is 24.8 Å². The zero-order valence-electron chi connectivity index (χ0n) is 12.2. The van der Waals surface area contributed by atoms with E-state index in [1.54, 1.807) is 38.3 Å². The van der Waals surface area contributed by atoms with Gasteiger partial charge in [-0.1, -0.05) is 17.3 Å². The Morgan fingerprint density at radius 2 is 1.95 bits per heavy atom. The predicted octanol–water partition coefficient (Wildman–Crippen LogP) is 2.17. The van der Waals surface area contributed by atoms with E-state index in [0.29, 0.717) is 17.9 Å². The minimum Gasteiger partial charge on any atom is -0.497 e. The van der Waals surface area contributed by atoms with Gasteiger partial charge in [0.15, 0.2) is 5.60 Å². The number of hydrogen-bond donors (Lipinski definition) is 0. The quantitative estimate of drug-likeness (QED) is 0.484. The molecule has 6 heteroatoms. The lowest BCUT2D eigenvalue weighted by Gasteiger charge is -2.34. The number of oxime groups is 1. The van der Waals surface area contributed by atoms with Crippen LogP contribution in [-0.2, 0) is 24.8 Å². The Hall–Kier alpha value is -2.37. The van der Waals surface area contributed by atoms with Crippen LogP contribution in [0, 0.1) is 0 Å². The summed E-state index contributed by atoms with van der Waals surface area (Å²) in [6.45, 7) is 3.00. The summed E-state index contributed by atoms with van der Waals surface area (Å²) in [7, 11) is 1.57. The molecule has 1 saturated heterocycles. The Bertz CT molecular complexity index is 578. The number of carbonyl (C=O) groups excluding carboxylic acids is 2. The van der Waals surface area contributed by atoms with Gasteiger partial charge in [0.05, 0.1) is 13.5 Å². The Kier molecular flexibility index (Phi) is 4.26. The van der Waals surface area contributed by atoms with Crippen molar-refractivity contribution in [3.63, 3.8) is 0 Å². The topological polar surface area (TPSA) is 74.2 Å². The minimum absolute atomic E-state index is 0.214. The molecule has 112 valence electrons. The number of methoxy groups -OCH3 is 1. The molecule has 0 N–H and O–H groups in total. The molecule has 1 atom stereocenters. The molecule has 21 heavy (non-hydrogen) atoms. The molecule has 2 rings (SSSR count).